The number of para-hydroxylation sites is 1. The third-order valence-corrected chi connectivity index (χ3v) is 5.49. The summed E-state index contributed by atoms with van der Waals surface area (Å²) in [6.45, 7) is 4.70. The van der Waals surface area contributed by atoms with Crippen LogP contribution in [-0.2, 0) is 15.8 Å². The monoisotopic (exact) mass is 313 g/mol. The van der Waals surface area contributed by atoms with Crippen molar-refractivity contribution in [2.45, 2.75) is 31.7 Å². The largest absolute Gasteiger partial charge is 0.311 e. The summed E-state index contributed by atoms with van der Waals surface area (Å²) in [5, 5.41) is 14.2. The minimum Gasteiger partial charge on any atom is -0.311 e. The lowest BCUT2D eigenvalue weighted by molar-refractivity contribution is -0.385. The van der Waals surface area contributed by atoms with Crippen molar-refractivity contribution in [3.63, 3.8) is 0 Å². The molecule has 2 unspecified atom stereocenters. The van der Waals surface area contributed by atoms with Crippen LogP contribution in [0, 0.1) is 10.1 Å². The highest BCUT2D eigenvalue weighted by Gasteiger charge is 2.33. The average Bonchev–Trinajstić information content (AvgIpc) is 2.41. The van der Waals surface area contributed by atoms with Gasteiger partial charge in [0.25, 0.3) is 5.69 Å². The fourth-order valence-electron chi connectivity index (χ4n) is 2.47. The maximum absolute atomic E-state index is 12.6. The van der Waals surface area contributed by atoms with Crippen LogP contribution in [-0.4, -0.2) is 42.8 Å². The molecule has 1 saturated heterocycles. The lowest BCUT2D eigenvalue weighted by Gasteiger charge is -2.36. The van der Waals surface area contributed by atoms with E-state index in [1.807, 2.05) is 13.8 Å². The zero-order valence-electron chi connectivity index (χ0n) is 12.0. The summed E-state index contributed by atoms with van der Waals surface area (Å²) < 4.78 is 26.6. The Kier molecular flexibility index (Phi) is 4.60. The highest BCUT2D eigenvalue weighted by molar-refractivity contribution is 7.88. The van der Waals surface area contributed by atoms with Crippen LogP contribution in [0.25, 0.3) is 0 Å². The van der Waals surface area contributed by atoms with Crippen molar-refractivity contribution in [1.29, 1.82) is 0 Å². The number of rotatable bonds is 4. The van der Waals surface area contributed by atoms with Gasteiger partial charge in [-0.3, -0.25) is 10.1 Å². The molecule has 1 N–H and O–H groups in total. The number of nitro groups is 1. The Bertz CT molecular complexity index is 632. The molecule has 0 spiro atoms. The molecule has 1 fully saturated rings. The van der Waals surface area contributed by atoms with E-state index in [-0.39, 0.29) is 29.1 Å². The molecule has 2 atom stereocenters. The molecule has 0 aromatic heterocycles. The molecule has 1 aliphatic heterocycles. The van der Waals surface area contributed by atoms with Gasteiger partial charge < -0.3 is 5.32 Å². The van der Waals surface area contributed by atoms with Gasteiger partial charge in [-0.2, -0.15) is 4.31 Å². The number of nitrogens with zero attached hydrogens (tertiary/aromatic N) is 2. The zero-order chi connectivity index (χ0) is 15.6. The molecule has 116 valence electrons. The molecule has 1 heterocycles. The maximum Gasteiger partial charge on any atom is 0.273 e. The molecular formula is C13H19N3O4S. The van der Waals surface area contributed by atoms with E-state index in [1.54, 1.807) is 6.07 Å². The van der Waals surface area contributed by atoms with Crippen LogP contribution < -0.4 is 5.32 Å². The first kappa shape index (κ1) is 15.9. The molecular weight excluding hydrogens is 294 g/mol. The molecule has 1 aliphatic rings. The van der Waals surface area contributed by atoms with Crippen molar-refractivity contribution in [2.24, 2.45) is 0 Å². The Hall–Kier alpha value is -1.51. The smallest absolute Gasteiger partial charge is 0.273 e. The first-order valence-electron chi connectivity index (χ1n) is 6.76. The van der Waals surface area contributed by atoms with Crippen LogP contribution in [0.4, 0.5) is 5.69 Å². The van der Waals surface area contributed by atoms with Gasteiger partial charge in [-0.1, -0.05) is 18.2 Å². The van der Waals surface area contributed by atoms with E-state index >= 15 is 0 Å². The Labute approximate surface area is 124 Å². The predicted molar refractivity (Wildman–Crippen MR) is 79.4 cm³/mol. The van der Waals surface area contributed by atoms with Gasteiger partial charge in [0.15, 0.2) is 0 Å². The van der Waals surface area contributed by atoms with Crippen LogP contribution in [0.3, 0.4) is 0 Å². The molecule has 0 saturated carbocycles. The molecule has 7 nitrogen and oxygen atoms in total. The van der Waals surface area contributed by atoms with Gasteiger partial charge in [0, 0.05) is 36.8 Å². The second-order valence-corrected chi connectivity index (χ2v) is 7.29. The molecule has 0 aliphatic carbocycles. The first-order chi connectivity index (χ1) is 9.81. The highest BCUT2D eigenvalue weighted by Crippen LogP contribution is 2.23. The van der Waals surface area contributed by atoms with Crippen molar-refractivity contribution in [2.75, 3.05) is 13.1 Å². The van der Waals surface area contributed by atoms with Crippen LogP contribution in [0.15, 0.2) is 24.3 Å². The third kappa shape index (κ3) is 3.58. The summed E-state index contributed by atoms with van der Waals surface area (Å²) >= 11 is 0. The SMILES string of the molecule is CC1CN(S(=O)(=O)Cc2ccccc2[N+](=O)[O-])C(C)CN1. The van der Waals surface area contributed by atoms with Gasteiger partial charge in [-0.25, -0.2) is 8.42 Å². The van der Waals surface area contributed by atoms with Gasteiger partial charge in [0.05, 0.1) is 10.7 Å². The van der Waals surface area contributed by atoms with E-state index in [1.165, 1.54) is 22.5 Å². The highest BCUT2D eigenvalue weighted by atomic mass is 32.2. The topological polar surface area (TPSA) is 92.5 Å². The Morgan fingerprint density at radius 1 is 1.38 bits per heavy atom. The summed E-state index contributed by atoms with van der Waals surface area (Å²) in [6, 6.07) is 5.88. The Balaban J connectivity index is 2.27. The van der Waals surface area contributed by atoms with Crippen molar-refractivity contribution < 1.29 is 13.3 Å². The van der Waals surface area contributed by atoms with Crippen LogP contribution in [0.1, 0.15) is 19.4 Å². The second kappa shape index (κ2) is 6.08. The lowest BCUT2D eigenvalue weighted by Crippen LogP contribution is -2.56. The van der Waals surface area contributed by atoms with Gasteiger partial charge in [-0.05, 0) is 13.8 Å². The van der Waals surface area contributed by atoms with E-state index in [0.29, 0.717) is 13.1 Å². The first-order valence-corrected chi connectivity index (χ1v) is 8.37. The number of piperazine rings is 1. The number of hydrogen-bond donors (Lipinski definition) is 1. The van der Waals surface area contributed by atoms with E-state index in [2.05, 4.69) is 5.32 Å². The molecule has 2 rings (SSSR count). The van der Waals surface area contributed by atoms with Crippen LogP contribution in [0.2, 0.25) is 0 Å². The van der Waals surface area contributed by atoms with E-state index in [0.717, 1.165) is 0 Å². The quantitative estimate of drug-likeness (QED) is 0.664. The fourth-order valence-corrected chi connectivity index (χ4v) is 4.34. The average molecular weight is 313 g/mol. The van der Waals surface area contributed by atoms with Crippen LogP contribution >= 0.6 is 0 Å². The number of nitrogens with one attached hydrogen (secondary N) is 1. The summed E-state index contributed by atoms with van der Waals surface area (Å²) in [6.07, 6.45) is 0. The normalized spacial score (nSPS) is 23.9. The van der Waals surface area contributed by atoms with E-state index in [9.17, 15) is 18.5 Å². The zero-order valence-corrected chi connectivity index (χ0v) is 12.8. The number of hydrogen-bond acceptors (Lipinski definition) is 5. The minimum absolute atomic E-state index is 0.0711. The van der Waals surface area contributed by atoms with Crippen molar-refractivity contribution in [3.8, 4) is 0 Å². The van der Waals surface area contributed by atoms with Crippen molar-refractivity contribution >= 4 is 15.7 Å². The van der Waals surface area contributed by atoms with Crippen LogP contribution in [0.5, 0.6) is 0 Å². The van der Waals surface area contributed by atoms with E-state index < -0.39 is 14.9 Å². The molecule has 1 aromatic carbocycles. The van der Waals surface area contributed by atoms with Gasteiger partial charge >= 0.3 is 0 Å². The molecule has 0 bridgehead atoms. The molecule has 21 heavy (non-hydrogen) atoms. The summed E-state index contributed by atoms with van der Waals surface area (Å²) in [5.41, 5.74) is 0.0674. The van der Waals surface area contributed by atoms with Gasteiger partial charge in [0.2, 0.25) is 10.0 Å². The summed E-state index contributed by atoms with van der Waals surface area (Å²) in [7, 11) is -3.59. The summed E-state index contributed by atoms with van der Waals surface area (Å²) in [4.78, 5) is 10.4. The standard InChI is InChI=1S/C13H19N3O4S/c1-10-8-15(11(2)7-14-10)21(19,20)9-12-5-3-4-6-13(12)16(17)18/h3-6,10-11,14H,7-9H2,1-2H3. The predicted octanol–water partition coefficient (Wildman–Crippen LogP) is 1.11. The minimum atomic E-state index is -3.59. The fraction of sp³-hybridized carbons (Fsp3) is 0.538. The third-order valence-electron chi connectivity index (χ3n) is 3.59. The van der Waals surface area contributed by atoms with E-state index in [4.69, 9.17) is 0 Å². The molecule has 0 amide bonds. The number of benzene rings is 1. The second-order valence-electron chi connectivity index (χ2n) is 5.37. The molecule has 1 aromatic rings. The molecule has 8 heteroatoms. The van der Waals surface area contributed by atoms with Crippen molar-refractivity contribution in [3.05, 3.63) is 39.9 Å². The molecule has 0 radical (unpaired) electrons. The Morgan fingerprint density at radius 3 is 2.71 bits per heavy atom. The Morgan fingerprint density at radius 2 is 2.05 bits per heavy atom. The van der Waals surface area contributed by atoms with Gasteiger partial charge in [0.1, 0.15) is 0 Å². The lowest BCUT2D eigenvalue weighted by atomic mass is 10.2. The van der Waals surface area contributed by atoms with Gasteiger partial charge in [-0.15, -0.1) is 0 Å². The number of sulfonamides is 1. The maximum atomic E-state index is 12.6. The summed E-state index contributed by atoms with van der Waals surface area (Å²) in [5.74, 6) is -0.346. The van der Waals surface area contributed by atoms with Crippen molar-refractivity contribution in [1.82, 2.24) is 9.62 Å². The number of nitro benzene ring substituents is 1.